The normalized spacial score (nSPS) is 17.7. The molecule has 2 heterocycles. The van der Waals surface area contributed by atoms with E-state index in [4.69, 9.17) is 4.42 Å². The van der Waals surface area contributed by atoms with Crippen molar-refractivity contribution in [2.24, 2.45) is 0 Å². The number of fused-ring (bicyclic) bond motifs is 1. The Labute approximate surface area is 171 Å². The number of nitrogens with zero attached hydrogens (tertiary/aromatic N) is 3. The summed E-state index contributed by atoms with van der Waals surface area (Å²) in [6.07, 6.45) is 4.69. The smallest absolute Gasteiger partial charge is 0.243 e. The Balaban J connectivity index is 1.33. The lowest BCUT2D eigenvalue weighted by Gasteiger charge is -2.34. The van der Waals surface area contributed by atoms with Crippen molar-refractivity contribution < 1.29 is 17.6 Å². The Morgan fingerprint density at radius 2 is 1.86 bits per heavy atom. The third-order valence-electron chi connectivity index (χ3n) is 5.71. The SMILES string of the molecule is CN(CC(=O)N1CCN(S(=O)(=O)c2ccc3c(c2)CCC3)CC1)Cc1ccco1. The molecule has 0 N–H and O–H groups in total. The highest BCUT2D eigenvalue weighted by atomic mass is 32.2. The molecule has 4 rings (SSSR count). The molecule has 1 aromatic heterocycles. The van der Waals surface area contributed by atoms with Gasteiger partial charge in [0.05, 0.1) is 24.2 Å². The molecule has 1 fully saturated rings. The second kappa shape index (κ2) is 8.30. The minimum absolute atomic E-state index is 0.00800. The van der Waals surface area contributed by atoms with Crippen LogP contribution in [-0.2, 0) is 34.2 Å². The molecular weight excluding hydrogens is 390 g/mol. The average molecular weight is 418 g/mol. The van der Waals surface area contributed by atoms with Crippen molar-refractivity contribution in [3.8, 4) is 0 Å². The summed E-state index contributed by atoms with van der Waals surface area (Å²) >= 11 is 0. The number of amides is 1. The summed E-state index contributed by atoms with van der Waals surface area (Å²) < 4.78 is 32.9. The Bertz CT molecular complexity index is 964. The van der Waals surface area contributed by atoms with E-state index in [9.17, 15) is 13.2 Å². The van der Waals surface area contributed by atoms with Crippen LogP contribution in [0.3, 0.4) is 0 Å². The molecule has 0 spiro atoms. The molecule has 29 heavy (non-hydrogen) atoms. The van der Waals surface area contributed by atoms with E-state index in [0.717, 1.165) is 30.6 Å². The van der Waals surface area contributed by atoms with E-state index in [2.05, 4.69) is 0 Å². The van der Waals surface area contributed by atoms with E-state index in [1.165, 1.54) is 9.87 Å². The predicted octanol–water partition coefficient (Wildman–Crippen LogP) is 1.73. The van der Waals surface area contributed by atoms with Gasteiger partial charge in [0.15, 0.2) is 0 Å². The number of furan rings is 1. The Kier molecular flexibility index (Phi) is 5.76. The molecule has 1 aromatic carbocycles. The molecule has 2 aliphatic rings. The van der Waals surface area contributed by atoms with Crippen molar-refractivity contribution in [2.45, 2.75) is 30.7 Å². The highest BCUT2D eigenvalue weighted by Gasteiger charge is 2.31. The van der Waals surface area contributed by atoms with Crippen LogP contribution in [0, 0.1) is 0 Å². The minimum Gasteiger partial charge on any atom is -0.468 e. The Morgan fingerprint density at radius 3 is 2.59 bits per heavy atom. The Hall–Kier alpha value is -2.16. The van der Waals surface area contributed by atoms with Crippen LogP contribution in [0.25, 0.3) is 0 Å². The number of hydrogen-bond acceptors (Lipinski definition) is 5. The summed E-state index contributed by atoms with van der Waals surface area (Å²) in [5.74, 6) is 0.819. The standard InChI is InChI=1S/C21H27N3O4S/c1-22(15-19-6-3-13-28-19)16-21(25)23-9-11-24(12-10-23)29(26,27)20-8-7-17-4-2-5-18(17)14-20/h3,6-8,13-14H,2,4-5,9-12,15-16H2,1H3. The molecule has 8 heteroatoms. The number of carbonyl (C=O) groups excluding carboxylic acids is 1. The maximum atomic E-state index is 13.0. The van der Waals surface area contributed by atoms with Crippen LogP contribution in [0.5, 0.6) is 0 Å². The van der Waals surface area contributed by atoms with E-state index in [1.54, 1.807) is 17.2 Å². The number of rotatable bonds is 6. The first kappa shape index (κ1) is 20.1. The van der Waals surface area contributed by atoms with Crippen molar-refractivity contribution in [3.63, 3.8) is 0 Å². The van der Waals surface area contributed by atoms with E-state index in [0.29, 0.717) is 37.6 Å². The van der Waals surface area contributed by atoms with Gasteiger partial charge >= 0.3 is 0 Å². The summed E-state index contributed by atoms with van der Waals surface area (Å²) in [5.41, 5.74) is 2.41. The number of aryl methyl sites for hydroxylation is 2. The number of piperazine rings is 1. The van der Waals surface area contributed by atoms with Gasteiger partial charge < -0.3 is 9.32 Å². The molecule has 0 atom stereocenters. The second-order valence-corrected chi connectivity index (χ2v) is 9.76. The second-order valence-electron chi connectivity index (χ2n) is 7.82. The molecular formula is C21H27N3O4S. The van der Waals surface area contributed by atoms with Crippen molar-refractivity contribution in [2.75, 3.05) is 39.8 Å². The quantitative estimate of drug-likeness (QED) is 0.716. The van der Waals surface area contributed by atoms with Crippen LogP contribution in [0.4, 0.5) is 0 Å². The van der Waals surface area contributed by atoms with Gasteiger partial charge in [-0.1, -0.05) is 6.07 Å². The molecule has 1 aliphatic heterocycles. The van der Waals surface area contributed by atoms with Crippen LogP contribution < -0.4 is 0 Å². The van der Waals surface area contributed by atoms with Gasteiger partial charge in [-0.05, 0) is 61.7 Å². The van der Waals surface area contributed by atoms with E-state index >= 15 is 0 Å². The first-order chi connectivity index (χ1) is 13.9. The fourth-order valence-corrected chi connectivity index (χ4v) is 5.56. The number of carbonyl (C=O) groups is 1. The number of likely N-dealkylation sites (N-methyl/N-ethyl adjacent to an activating group) is 1. The van der Waals surface area contributed by atoms with Crippen molar-refractivity contribution >= 4 is 15.9 Å². The van der Waals surface area contributed by atoms with Gasteiger partial charge in [-0.25, -0.2) is 8.42 Å². The van der Waals surface area contributed by atoms with Crippen LogP contribution >= 0.6 is 0 Å². The zero-order valence-corrected chi connectivity index (χ0v) is 17.5. The van der Waals surface area contributed by atoms with Crippen LogP contribution in [0.2, 0.25) is 0 Å². The zero-order chi connectivity index (χ0) is 20.4. The van der Waals surface area contributed by atoms with Crippen LogP contribution in [0.15, 0.2) is 45.9 Å². The van der Waals surface area contributed by atoms with Gasteiger partial charge in [-0.3, -0.25) is 9.69 Å². The van der Waals surface area contributed by atoms with E-state index < -0.39 is 10.0 Å². The Morgan fingerprint density at radius 1 is 1.10 bits per heavy atom. The highest BCUT2D eigenvalue weighted by molar-refractivity contribution is 7.89. The molecule has 0 bridgehead atoms. The van der Waals surface area contributed by atoms with Crippen molar-refractivity contribution in [1.29, 1.82) is 0 Å². The van der Waals surface area contributed by atoms with E-state index in [-0.39, 0.29) is 12.5 Å². The number of sulfonamides is 1. The summed E-state index contributed by atoms with van der Waals surface area (Å²) in [4.78, 5) is 16.6. The molecule has 1 saturated heterocycles. The molecule has 0 radical (unpaired) electrons. The largest absolute Gasteiger partial charge is 0.468 e. The molecule has 2 aromatic rings. The van der Waals surface area contributed by atoms with Gasteiger partial charge in [-0.15, -0.1) is 0 Å². The lowest BCUT2D eigenvalue weighted by atomic mass is 10.1. The fraction of sp³-hybridized carbons (Fsp3) is 0.476. The highest BCUT2D eigenvalue weighted by Crippen LogP contribution is 2.26. The summed E-state index contributed by atoms with van der Waals surface area (Å²) in [7, 11) is -1.65. The fourth-order valence-electron chi connectivity index (χ4n) is 4.09. The van der Waals surface area contributed by atoms with Crippen molar-refractivity contribution in [1.82, 2.24) is 14.1 Å². The van der Waals surface area contributed by atoms with Crippen molar-refractivity contribution in [3.05, 3.63) is 53.5 Å². The zero-order valence-electron chi connectivity index (χ0n) is 16.7. The first-order valence-corrected chi connectivity index (χ1v) is 11.5. The average Bonchev–Trinajstić information content (AvgIpc) is 3.39. The predicted molar refractivity (Wildman–Crippen MR) is 109 cm³/mol. The summed E-state index contributed by atoms with van der Waals surface area (Å²) in [6, 6.07) is 9.21. The number of hydrogen-bond donors (Lipinski definition) is 0. The maximum Gasteiger partial charge on any atom is 0.243 e. The monoisotopic (exact) mass is 417 g/mol. The third-order valence-corrected chi connectivity index (χ3v) is 7.60. The lowest BCUT2D eigenvalue weighted by molar-refractivity contribution is -0.133. The van der Waals surface area contributed by atoms with Gasteiger partial charge in [0.2, 0.25) is 15.9 Å². The lowest BCUT2D eigenvalue weighted by Crippen LogP contribution is -2.52. The molecule has 1 amide bonds. The number of benzene rings is 1. The summed E-state index contributed by atoms with van der Waals surface area (Å²) in [5, 5.41) is 0. The van der Waals surface area contributed by atoms with Gasteiger partial charge in [0.25, 0.3) is 0 Å². The molecule has 156 valence electrons. The molecule has 7 nitrogen and oxygen atoms in total. The maximum absolute atomic E-state index is 13.0. The minimum atomic E-state index is -3.52. The van der Waals surface area contributed by atoms with Gasteiger partial charge in [0, 0.05) is 26.2 Å². The first-order valence-electron chi connectivity index (χ1n) is 10.0. The third kappa shape index (κ3) is 4.39. The molecule has 1 aliphatic carbocycles. The van der Waals surface area contributed by atoms with Gasteiger partial charge in [0.1, 0.15) is 5.76 Å². The van der Waals surface area contributed by atoms with Crippen LogP contribution in [0.1, 0.15) is 23.3 Å². The summed E-state index contributed by atoms with van der Waals surface area (Å²) in [6.45, 7) is 2.32. The molecule has 0 saturated carbocycles. The van der Waals surface area contributed by atoms with E-state index in [1.807, 2.05) is 36.2 Å². The topological polar surface area (TPSA) is 74.1 Å². The van der Waals surface area contributed by atoms with Crippen LogP contribution in [-0.4, -0.2) is 68.2 Å². The van der Waals surface area contributed by atoms with Gasteiger partial charge in [-0.2, -0.15) is 4.31 Å². The molecule has 0 unspecified atom stereocenters.